The number of carbonyl (C=O) groups excluding carboxylic acids is 1. The molecule has 3 aliphatic rings. The van der Waals surface area contributed by atoms with E-state index in [0.717, 1.165) is 35.8 Å². The van der Waals surface area contributed by atoms with Crippen molar-refractivity contribution in [1.82, 2.24) is 0 Å². The fraction of sp³-hybridized carbons (Fsp3) is 0.571. The molecule has 8 atom stereocenters. The molecule has 0 bridgehead atoms. The third-order valence-electron chi connectivity index (χ3n) is 10.4. The minimum atomic E-state index is -1.30. The fourth-order valence-electron chi connectivity index (χ4n) is 7.18. The van der Waals surface area contributed by atoms with E-state index in [0.29, 0.717) is 54.3 Å². The van der Waals surface area contributed by atoms with E-state index >= 15 is 0 Å². The lowest BCUT2D eigenvalue weighted by Gasteiger charge is -2.38. The second kappa shape index (κ2) is 14.0. The van der Waals surface area contributed by atoms with Crippen molar-refractivity contribution in [3.8, 4) is 0 Å². The van der Waals surface area contributed by atoms with Gasteiger partial charge in [-0.2, -0.15) is 10.5 Å². The van der Waals surface area contributed by atoms with E-state index in [1.165, 1.54) is 31.3 Å². The predicted octanol–water partition coefficient (Wildman–Crippen LogP) is 6.31. The average Bonchev–Trinajstić information content (AvgIpc) is 3.33. The second-order valence-corrected chi connectivity index (χ2v) is 13.8. The van der Waals surface area contributed by atoms with Crippen LogP contribution in [0.15, 0.2) is 65.8 Å². The Labute approximate surface area is 256 Å². The number of hydrogen-bond acceptors (Lipinski definition) is 6. The Hall–Kier alpha value is -2.59. The number of nitrogens with one attached hydrogen (secondary N) is 2. The number of carbonyl (C=O) groups is 1. The summed E-state index contributed by atoms with van der Waals surface area (Å²) in [6, 6.07) is 3.36. The van der Waals surface area contributed by atoms with Crippen molar-refractivity contribution >= 4 is 17.3 Å². The van der Waals surface area contributed by atoms with Crippen molar-refractivity contribution in [3.63, 3.8) is 0 Å². The molecule has 2 unspecified atom stereocenters. The first kappa shape index (κ1) is 33.3. The van der Waals surface area contributed by atoms with Crippen LogP contribution in [0.25, 0.3) is 0 Å². The van der Waals surface area contributed by atoms with Gasteiger partial charge in [-0.25, -0.2) is 15.2 Å². The maximum Gasteiger partial charge on any atom is 0.338 e. The molecule has 3 saturated carbocycles. The molecular weight excluding hydrogens is 544 g/mol. The van der Waals surface area contributed by atoms with Gasteiger partial charge in [-0.1, -0.05) is 76.6 Å². The maximum absolute atomic E-state index is 13.0. The van der Waals surface area contributed by atoms with Gasteiger partial charge in [-0.15, -0.1) is 0 Å². The van der Waals surface area contributed by atoms with Crippen molar-refractivity contribution in [2.24, 2.45) is 35.0 Å². The van der Waals surface area contributed by atoms with Crippen LogP contribution in [0.5, 0.6) is 0 Å². The van der Waals surface area contributed by atoms with Crippen LogP contribution in [0, 0.1) is 45.4 Å². The zero-order valence-electron chi connectivity index (χ0n) is 26.4. The summed E-state index contributed by atoms with van der Waals surface area (Å²) in [7, 11) is 0. The average molecular weight is 595 g/mol. The summed E-state index contributed by atoms with van der Waals surface area (Å²) in [5.41, 5.74) is 3.37. The Bertz CT molecular complexity index is 1240. The van der Waals surface area contributed by atoms with Crippen LogP contribution in [0.1, 0.15) is 96.3 Å². The molecule has 0 amide bonds. The van der Waals surface area contributed by atoms with Gasteiger partial charge in [0, 0.05) is 18.6 Å². The highest BCUT2D eigenvalue weighted by Gasteiger charge is 2.47. The monoisotopic (exact) mass is 594 g/mol. The number of benzene rings is 1. The van der Waals surface area contributed by atoms with Crippen LogP contribution in [0.2, 0.25) is 0 Å². The summed E-state index contributed by atoms with van der Waals surface area (Å²) in [5, 5.41) is 39.0. The summed E-state index contributed by atoms with van der Waals surface area (Å²) < 4.78 is 5.76. The number of ether oxygens (including phenoxy) is 1. The zero-order chi connectivity index (χ0) is 31.5. The van der Waals surface area contributed by atoms with E-state index < -0.39 is 22.5 Å². The Kier molecular flexibility index (Phi) is 10.9. The van der Waals surface area contributed by atoms with Gasteiger partial charge in [0.25, 0.3) is 0 Å². The van der Waals surface area contributed by atoms with Crippen molar-refractivity contribution in [3.05, 3.63) is 81.8 Å². The van der Waals surface area contributed by atoms with Crippen molar-refractivity contribution < 1.29 is 30.4 Å². The molecule has 1 aromatic carbocycles. The summed E-state index contributed by atoms with van der Waals surface area (Å²) >= 11 is 0. The molecule has 0 saturated heterocycles. The molecule has 0 heterocycles. The third-order valence-corrected chi connectivity index (χ3v) is 10.4. The van der Waals surface area contributed by atoms with Crippen LogP contribution in [0.4, 0.5) is 11.4 Å². The van der Waals surface area contributed by atoms with Gasteiger partial charge in [-0.3, -0.25) is 0 Å². The Balaban J connectivity index is 1.46. The van der Waals surface area contributed by atoms with Crippen LogP contribution < -0.4 is 10.5 Å². The molecule has 1 aromatic rings. The number of allylic oxidation sites excluding steroid dienone is 6. The lowest BCUT2D eigenvalue weighted by atomic mass is 9.67. The summed E-state index contributed by atoms with van der Waals surface area (Å²) in [6.45, 7) is 16.0. The molecule has 0 aliphatic heterocycles. The van der Waals surface area contributed by atoms with Gasteiger partial charge in [0.05, 0.1) is 11.6 Å². The SMILES string of the molecule is C=C1CC[C@@H](OC(=O)c2cc([NH+]([O-])O)cc([NH+]([O-])O)c2)CC1=CC=C1CCC[C@]2(C)C[C@@H]([C@@H](C)C=C[C@@H](C)C(C)C)C[C@@H]12. The van der Waals surface area contributed by atoms with Gasteiger partial charge >= 0.3 is 5.97 Å². The standard InChI is InChI=1S/C35H50N2O6/c1-22(2)23(3)9-10-25(5)29-19-33-26(8-7-15-35(33,6)21-29)12-13-27-18-32(14-11-24(27)4)43-34(38)28-16-30(36(39)40)20-31(17-28)37(41)42/h9-10,12-13,16-17,20,22-23,25,29,32-33,36-37,39,41H,4,7-8,11,14-15,18-19,21H2,1-3,5-6H3/t23-,25+,29+,32-,33+,35-/m1/s1. The number of fused-ring (bicyclic) bond motifs is 1. The highest BCUT2D eigenvalue weighted by Crippen LogP contribution is 2.58. The molecule has 43 heavy (non-hydrogen) atoms. The topological polar surface area (TPSA) is 122 Å². The number of hydrogen-bond donors (Lipinski definition) is 4. The van der Waals surface area contributed by atoms with E-state index in [9.17, 15) is 25.6 Å². The zero-order valence-corrected chi connectivity index (χ0v) is 26.4. The first-order valence-electron chi connectivity index (χ1n) is 15.9. The van der Waals surface area contributed by atoms with Gasteiger partial charge in [0.2, 0.25) is 0 Å². The maximum atomic E-state index is 13.0. The molecule has 8 nitrogen and oxygen atoms in total. The molecule has 0 radical (unpaired) electrons. The highest BCUT2D eigenvalue weighted by atomic mass is 16.8. The molecule has 4 N–H and O–H groups in total. The van der Waals surface area contributed by atoms with E-state index in [2.05, 4.69) is 65.5 Å². The molecule has 0 spiro atoms. The number of esters is 1. The fourth-order valence-corrected chi connectivity index (χ4v) is 7.18. The first-order chi connectivity index (χ1) is 20.3. The Morgan fingerprint density at radius 1 is 1.07 bits per heavy atom. The van der Waals surface area contributed by atoms with Crippen molar-refractivity contribution in [2.75, 3.05) is 0 Å². The van der Waals surface area contributed by atoms with Gasteiger partial charge < -0.3 is 15.2 Å². The first-order valence-corrected chi connectivity index (χ1v) is 15.9. The minimum absolute atomic E-state index is 0.0747. The summed E-state index contributed by atoms with van der Waals surface area (Å²) in [4.78, 5) is 13.0. The van der Waals surface area contributed by atoms with Crippen LogP contribution in [-0.2, 0) is 4.74 Å². The van der Waals surface area contributed by atoms with E-state index in [4.69, 9.17) is 4.74 Å². The minimum Gasteiger partial charge on any atom is -0.595 e. The lowest BCUT2D eigenvalue weighted by molar-refractivity contribution is -0.996. The van der Waals surface area contributed by atoms with Crippen molar-refractivity contribution in [2.45, 2.75) is 92.1 Å². The molecule has 4 rings (SSSR count). The molecule has 0 aromatic heterocycles. The van der Waals surface area contributed by atoms with E-state index in [-0.39, 0.29) is 16.9 Å². The Morgan fingerprint density at radius 3 is 2.37 bits per heavy atom. The second-order valence-electron chi connectivity index (χ2n) is 13.8. The van der Waals surface area contributed by atoms with Crippen molar-refractivity contribution in [1.29, 1.82) is 0 Å². The molecule has 8 heteroatoms. The predicted molar refractivity (Wildman–Crippen MR) is 167 cm³/mol. The molecule has 3 aliphatic carbocycles. The van der Waals surface area contributed by atoms with Gasteiger partial charge in [0.1, 0.15) is 6.10 Å². The Morgan fingerprint density at radius 2 is 1.74 bits per heavy atom. The highest BCUT2D eigenvalue weighted by molar-refractivity contribution is 5.91. The van der Waals surface area contributed by atoms with Crippen LogP contribution >= 0.6 is 0 Å². The number of rotatable bonds is 9. The van der Waals surface area contributed by atoms with Gasteiger partial charge in [0.15, 0.2) is 11.4 Å². The summed E-state index contributed by atoms with van der Waals surface area (Å²) in [6.07, 6.45) is 16.9. The van der Waals surface area contributed by atoms with E-state index in [1.54, 1.807) is 0 Å². The van der Waals surface area contributed by atoms with E-state index in [1.807, 2.05) is 0 Å². The van der Waals surface area contributed by atoms with Crippen LogP contribution in [-0.4, -0.2) is 22.5 Å². The number of quaternary nitrogens is 2. The van der Waals surface area contributed by atoms with Gasteiger partial charge in [-0.05, 0) is 85.5 Å². The third kappa shape index (κ3) is 8.12. The normalized spacial score (nSPS) is 30.9. The smallest absolute Gasteiger partial charge is 0.338 e. The molecular formula is C35H50N2O6. The molecule has 236 valence electrons. The quantitative estimate of drug-likeness (QED) is 0.151. The largest absolute Gasteiger partial charge is 0.595 e. The molecule has 3 fully saturated rings. The van der Waals surface area contributed by atoms with Crippen LogP contribution in [0.3, 0.4) is 0 Å². The lowest BCUT2D eigenvalue weighted by Crippen LogP contribution is -3.00. The summed E-state index contributed by atoms with van der Waals surface area (Å²) in [5.74, 6) is 2.37.